The molecule has 10 aromatic carbocycles. The summed E-state index contributed by atoms with van der Waals surface area (Å²) in [6, 6.07) is 85.2. The summed E-state index contributed by atoms with van der Waals surface area (Å²) in [7, 11) is 0. The molecule has 0 saturated heterocycles. The van der Waals surface area contributed by atoms with Crippen LogP contribution in [0.3, 0.4) is 0 Å². The molecule has 0 bridgehead atoms. The summed E-state index contributed by atoms with van der Waals surface area (Å²) in [5, 5.41) is 5.00. The Morgan fingerprint density at radius 2 is 0.754 bits per heavy atom. The van der Waals surface area contributed by atoms with Gasteiger partial charge in [0, 0.05) is 38.3 Å². The molecule has 0 radical (unpaired) electrons. The van der Waals surface area contributed by atoms with E-state index in [1.807, 2.05) is 0 Å². The zero-order valence-corrected chi connectivity index (χ0v) is 36.3. The molecule has 0 saturated carbocycles. The molecule has 1 aliphatic carbocycles. The van der Waals surface area contributed by atoms with Gasteiger partial charge in [0.15, 0.2) is 0 Å². The minimum absolute atomic E-state index is 0.127. The molecule has 2 heterocycles. The number of hydrogen-bond acceptors (Lipinski definition) is 0. The predicted octanol–water partition coefficient (Wildman–Crippen LogP) is 16.9. The van der Waals surface area contributed by atoms with E-state index in [0.29, 0.717) is 0 Å². The smallest absolute Gasteiger partial charge is 0.0544 e. The molecule has 0 aliphatic heterocycles. The van der Waals surface area contributed by atoms with Crippen LogP contribution in [0.15, 0.2) is 231 Å². The molecule has 0 spiro atoms. The van der Waals surface area contributed by atoms with Gasteiger partial charge in [0.1, 0.15) is 0 Å². The maximum Gasteiger partial charge on any atom is 0.0544 e. The van der Waals surface area contributed by atoms with Gasteiger partial charge in [0.2, 0.25) is 0 Å². The SMILES string of the molecule is CC1(C)c2ccccc2-c2cc3c4cc(-c5cccc(-c6cc(-c7ccccc7)cc(-c7ccccc7)c6)c5)ccc4n(-c4ccc5c(c4)c4ccccc4n5-c4ccccc4)c3cc21. The van der Waals surface area contributed by atoms with Crippen molar-refractivity contribution in [2.45, 2.75) is 19.3 Å². The van der Waals surface area contributed by atoms with Crippen molar-refractivity contribution in [1.82, 2.24) is 9.13 Å². The summed E-state index contributed by atoms with van der Waals surface area (Å²) in [6.45, 7) is 4.76. The highest BCUT2D eigenvalue weighted by atomic mass is 15.0. The quantitative estimate of drug-likeness (QED) is 0.158. The first-order valence-corrected chi connectivity index (χ1v) is 22.7. The lowest BCUT2D eigenvalue weighted by molar-refractivity contribution is 0.661. The number of hydrogen-bond donors (Lipinski definition) is 0. The number of nitrogens with zero attached hydrogens (tertiary/aromatic N) is 2. The highest BCUT2D eigenvalue weighted by Crippen LogP contribution is 2.51. The van der Waals surface area contributed by atoms with Crippen LogP contribution in [0.2, 0.25) is 0 Å². The van der Waals surface area contributed by atoms with Crippen molar-refractivity contribution in [1.29, 1.82) is 0 Å². The Morgan fingerprint density at radius 1 is 0.262 bits per heavy atom. The second kappa shape index (κ2) is 14.4. The normalized spacial score (nSPS) is 12.9. The van der Waals surface area contributed by atoms with Gasteiger partial charge in [-0.1, -0.05) is 159 Å². The Kier molecular flexibility index (Phi) is 8.29. The van der Waals surface area contributed by atoms with Crippen molar-refractivity contribution in [2.75, 3.05) is 0 Å². The molecule has 2 heteroatoms. The van der Waals surface area contributed by atoms with Crippen LogP contribution in [0.1, 0.15) is 25.0 Å². The number of para-hydroxylation sites is 2. The van der Waals surface area contributed by atoms with Gasteiger partial charge in [0.05, 0.1) is 22.1 Å². The fraction of sp³-hybridized carbons (Fsp3) is 0.0476. The molecule has 0 amide bonds. The van der Waals surface area contributed by atoms with Crippen molar-refractivity contribution < 1.29 is 0 Å². The van der Waals surface area contributed by atoms with Crippen molar-refractivity contribution in [3.63, 3.8) is 0 Å². The third-order valence-corrected chi connectivity index (χ3v) is 14.1. The van der Waals surface area contributed by atoms with E-state index >= 15 is 0 Å². The molecule has 0 fully saturated rings. The van der Waals surface area contributed by atoms with Gasteiger partial charge in [-0.25, -0.2) is 0 Å². The zero-order valence-electron chi connectivity index (χ0n) is 36.3. The van der Waals surface area contributed by atoms with Crippen LogP contribution in [0.25, 0.3) is 111 Å². The maximum atomic E-state index is 2.51. The molecule has 306 valence electrons. The van der Waals surface area contributed by atoms with Gasteiger partial charge in [-0.05, 0) is 152 Å². The van der Waals surface area contributed by atoms with Crippen molar-refractivity contribution in [2.24, 2.45) is 0 Å². The van der Waals surface area contributed by atoms with E-state index in [4.69, 9.17) is 0 Å². The van der Waals surface area contributed by atoms with E-state index in [-0.39, 0.29) is 5.41 Å². The lowest BCUT2D eigenvalue weighted by Crippen LogP contribution is -2.14. The van der Waals surface area contributed by atoms with Crippen LogP contribution in [0.4, 0.5) is 0 Å². The number of rotatable bonds is 6. The number of fused-ring (bicyclic) bond motifs is 9. The van der Waals surface area contributed by atoms with Crippen molar-refractivity contribution in [3.8, 4) is 67.0 Å². The summed E-state index contributed by atoms with van der Waals surface area (Å²) in [5.41, 5.74) is 22.1. The highest BCUT2D eigenvalue weighted by Gasteiger charge is 2.36. The van der Waals surface area contributed by atoms with Crippen LogP contribution >= 0.6 is 0 Å². The molecule has 2 aromatic heterocycles. The summed E-state index contributed by atoms with van der Waals surface area (Å²) < 4.78 is 4.91. The van der Waals surface area contributed by atoms with Crippen LogP contribution < -0.4 is 0 Å². The average molecular weight is 829 g/mol. The van der Waals surface area contributed by atoms with E-state index in [0.717, 1.165) is 11.4 Å². The fourth-order valence-corrected chi connectivity index (χ4v) is 10.9. The number of aromatic nitrogens is 2. The maximum absolute atomic E-state index is 2.51. The first kappa shape index (κ1) is 37.4. The molecular weight excluding hydrogens is 785 g/mol. The average Bonchev–Trinajstić information content (AvgIpc) is 3.96. The first-order valence-electron chi connectivity index (χ1n) is 22.7. The predicted molar refractivity (Wildman–Crippen MR) is 274 cm³/mol. The second-order valence-electron chi connectivity index (χ2n) is 18.2. The standard InChI is InChI=1S/C63H44N2/c1-63(2)57-27-14-12-25-51(57)53-39-56-54-37-45(43-21-16-22-44(33-43)48-35-46(41-17-6-3-7-18-41)34-47(36-48)42-19-8-4-9-20-42)29-31-60(54)65(62(56)40-58(53)63)50-30-32-61-55(38-50)52-26-13-15-28-59(52)64(61)49-23-10-5-11-24-49/h3-40H,1-2H3. The van der Waals surface area contributed by atoms with Crippen LogP contribution in [0, 0.1) is 0 Å². The minimum Gasteiger partial charge on any atom is -0.309 e. The summed E-state index contributed by atoms with van der Waals surface area (Å²) >= 11 is 0. The Bertz CT molecular complexity index is 3770. The highest BCUT2D eigenvalue weighted by molar-refractivity contribution is 6.14. The molecule has 65 heavy (non-hydrogen) atoms. The topological polar surface area (TPSA) is 9.86 Å². The summed E-state index contributed by atoms with van der Waals surface area (Å²) in [6.07, 6.45) is 0. The van der Waals surface area contributed by atoms with E-state index < -0.39 is 0 Å². The molecule has 0 atom stereocenters. The summed E-state index contributed by atoms with van der Waals surface area (Å²) in [5.74, 6) is 0. The van der Waals surface area contributed by atoms with Gasteiger partial charge in [-0.15, -0.1) is 0 Å². The van der Waals surface area contributed by atoms with Gasteiger partial charge in [-0.2, -0.15) is 0 Å². The molecule has 12 aromatic rings. The van der Waals surface area contributed by atoms with Gasteiger partial charge in [-0.3, -0.25) is 0 Å². The molecule has 13 rings (SSSR count). The van der Waals surface area contributed by atoms with E-state index in [1.165, 1.54) is 110 Å². The lowest BCUT2D eigenvalue weighted by Gasteiger charge is -2.21. The fourth-order valence-electron chi connectivity index (χ4n) is 10.9. The Labute approximate surface area is 378 Å². The van der Waals surface area contributed by atoms with Gasteiger partial charge < -0.3 is 9.13 Å². The largest absolute Gasteiger partial charge is 0.309 e. The molecule has 2 nitrogen and oxygen atoms in total. The zero-order chi connectivity index (χ0) is 43.2. The first-order chi connectivity index (χ1) is 32.0. The molecular formula is C63H44N2. The van der Waals surface area contributed by atoms with E-state index in [1.54, 1.807) is 0 Å². The van der Waals surface area contributed by atoms with Gasteiger partial charge in [0.25, 0.3) is 0 Å². The van der Waals surface area contributed by atoms with Crippen LogP contribution in [-0.4, -0.2) is 9.13 Å². The lowest BCUT2D eigenvalue weighted by atomic mass is 9.82. The van der Waals surface area contributed by atoms with Crippen LogP contribution in [-0.2, 0) is 5.41 Å². The molecule has 0 N–H and O–H groups in total. The Hall–Kier alpha value is -8.20. The van der Waals surface area contributed by atoms with E-state index in [2.05, 4.69) is 254 Å². The third kappa shape index (κ3) is 5.88. The second-order valence-corrected chi connectivity index (χ2v) is 18.2. The van der Waals surface area contributed by atoms with E-state index in [9.17, 15) is 0 Å². The molecule has 1 aliphatic rings. The molecule has 0 unspecified atom stereocenters. The number of benzene rings is 10. The monoisotopic (exact) mass is 828 g/mol. The van der Waals surface area contributed by atoms with Gasteiger partial charge >= 0.3 is 0 Å². The minimum atomic E-state index is -0.127. The third-order valence-electron chi connectivity index (χ3n) is 14.1. The van der Waals surface area contributed by atoms with Crippen molar-refractivity contribution in [3.05, 3.63) is 242 Å². The van der Waals surface area contributed by atoms with Crippen molar-refractivity contribution >= 4 is 43.6 Å². The Morgan fingerprint density at radius 3 is 1.48 bits per heavy atom. The summed E-state index contributed by atoms with van der Waals surface area (Å²) in [4.78, 5) is 0. The Balaban J connectivity index is 1.01. The van der Waals surface area contributed by atoms with Crippen LogP contribution in [0.5, 0.6) is 0 Å².